The summed E-state index contributed by atoms with van der Waals surface area (Å²) in [6.07, 6.45) is 4.93. The van der Waals surface area contributed by atoms with Crippen LogP contribution >= 0.6 is 0 Å². The quantitative estimate of drug-likeness (QED) is 0.757. The topological polar surface area (TPSA) is 24.5 Å². The molecule has 0 aromatic heterocycles. The molecule has 0 amide bonds. The molecule has 1 unspecified atom stereocenters. The predicted octanol–water partition coefficient (Wildman–Crippen LogP) is 2.51. The molecule has 1 heterocycles. The summed E-state index contributed by atoms with van der Waals surface area (Å²) < 4.78 is 5.46. The number of ether oxygens (including phenoxy) is 1. The summed E-state index contributed by atoms with van der Waals surface area (Å²) in [5, 5.41) is 3.76. The highest BCUT2D eigenvalue weighted by Crippen LogP contribution is 2.27. The molecule has 0 spiro atoms. The highest BCUT2D eigenvalue weighted by Gasteiger charge is 2.33. The van der Waals surface area contributed by atoms with Crippen LogP contribution in [0.2, 0.25) is 0 Å². The Morgan fingerprint density at radius 3 is 2.39 bits per heavy atom. The van der Waals surface area contributed by atoms with Crippen molar-refractivity contribution in [3.8, 4) is 0 Å². The maximum atomic E-state index is 5.46. The first-order valence-electron chi connectivity index (χ1n) is 7.47. The van der Waals surface area contributed by atoms with Gasteiger partial charge in [-0.05, 0) is 66.1 Å². The molecule has 108 valence electrons. The summed E-state index contributed by atoms with van der Waals surface area (Å²) >= 11 is 0. The normalized spacial score (nSPS) is 20.3. The Morgan fingerprint density at radius 2 is 1.89 bits per heavy atom. The van der Waals surface area contributed by atoms with Gasteiger partial charge >= 0.3 is 0 Å². The van der Waals surface area contributed by atoms with E-state index in [0.29, 0.717) is 6.04 Å². The first kappa shape index (κ1) is 15.9. The zero-order chi connectivity index (χ0) is 13.6. The molecule has 3 nitrogen and oxygen atoms in total. The highest BCUT2D eigenvalue weighted by atomic mass is 16.5. The zero-order valence-electron chi connectivity index (χ0n) is 13.0. The van der Waals surface area contributed by atoms with E-state index in [1.165, 1.54) is 25.7 Å². The van der Waals surface area contributed by atoms with Gasteiger partial charge in [0.15, 0.2) is 0 Å². The Labute approximate surface area is 113 Å². The van der Waals surface area contributed by atoms with E-state index in [0.717, 1.165) is 25.7 Å². The second-order valence-corrected chi connectivity index (χ2v) is 6.35. The third kappa shape index (κ3) is 4.52. The van der Waals surface area contributed by atoms with Crippen molar-refractivity contribution in [2.24, 2.45) is 5.92 Å². The minimum atomic E-state index is 0.202. The van der Waals surface area contributed by atoms with Crippen molar-refractivity contribution >= 4 is 0 Å². The summed E-state index contributed by atoms with van der Waals surface area (Å²) in [6, 6.07) is 0.565. The molecule has 1 atom stereocenters. The second-order valence-electron chi connectivity index (χ2n) is 6.35. The van der Waals surface area contributed by atoms with Crippen LogP contribution in [0.3, 0.4) is 0 Å². The van der Waals surface area contributed by atoms with Gasteiger partial charge in [0, 0.05) is 24.8 Å². The van der Waals surface area contributed by atoms with Gasteiger partial charge in [-0.3, -0.25) is 0 Å². The van der Waals surface area contributed by atoms with Gasteiger partial charge in [0.05, 0.1) is 0 Å². The first-order chi connectivity index (χ1) is 8.48. The average molecular weight is 256 g/mol. The van der Waals surface area contributed by atoms with E-state index < -0.39 is 0 Å². The monoisotopic (exact) mass is 256 g/mol. The molecule has 1 fully saturated rings. The van der Waals surface area contributed by atoms with Gasteiger partial charge in [-0.2, -0.15) is 0 Å². The lowest BCUT2D eigenvalue weighted by Crippen LogP contribution is -2.56. The van der Waals surface area contributed by atoms with Crippen LogP contribution in [-0.4, -0.2) is 50.3 Å². The molecular weight excluding hydrogens is 224 g/mol. The smallest absolute Gasteiger partial charge is 0.0468 e. The maximum absolute atomic E-state index is 5.46. The largest absolute Gasteiger partial charge is 0.381 e. The number of nitrogens with one attached hydrogen (secondary N) is 1. The van der Waals surface area contributed by atoms with Crippen molar-refractivity contribution in [1.29, 1.82) is 0 Å². The molecule has 3 heteroatoms. The van der Waals surface area contributed by atoms with Crippen molar-refractivity contribution < 1.29 is 4.74 Å². The summed E-state index contributed by atoms with van der Waals surface area (Å²) in [5.41, 5.74) is 0.202. The molecule has 1 saturated heterocycles. The van der Waals surface area contributed by atoms with E-state index in [1.54, 1.807) is 0 Å². The average Bonchev–Trinajstić information content (AvgIpc) is 2.35. The van der Waals surface area contributed by atoms with E-state index in [9.17, 15) is 0 Å². The summed E-state index contributed by atoms with van der Waals surface area (Å²) in [4.78, 5) is 2.35. The Hall–Kier alpha value is -0.120. The lowest BCUT2D eigenvalue weighted by molar-refractivity contribution is 0.0475. The Bertz CT molecular complexity index is 223. The van der Waals surface area contributed by atoms with Crippen molar-refractivity contribution in [1.82, 2.24) is 10.2 Å². The van der Waals surface area contributed by atoms with Gasteiger partial charge < -0.3 is 15.0 Å². The van der Waals surface area contributed by atoms with Crippen LogP contribution in [0.1, 0.15) is 46.5 Å². The zero-order valence-corrected chi connectivity index (χ0v) is 13.0. The summed E-state index contributed by atoms with van der Waals surface area (Å²) in [6.45, 7) is 9.95. The maximum Gasteiger partial charge on any atom is 0.0468 e. The molecule has 0 bridgehead atoms. The van der Waals surface area contributed by atoms with Crippen LogP contribution in [-0.2, 0) is 4.74 Å². The molecule has 0 saturated carbocycles. The molecule has 0 aromatic carbocycles. The Morgan fingerprint density at radius 1 is 1.28 bits per heavy atom. The number of nitrogens with zero attached hydrogens (tertiary/aromatic N) is 1. The van der Waals surface area contributed by atoms with E-state index in [4.69, 9.17) is 4.74 Å². The molecular formula is C15H32N2O. The molecule has 0 radical (unpaired) electrons. The summed E-state index contributed by atoms with van der Waals surface area (Å²) in [5.74, 6) is 0.826. The molecule has 0 aliphatic carbocycles. The first-order valence-corrected chi connectivity index (χ1v) is 7.47. The number of hydrogen-bond acceptors (Lipinski definition) is 3. The molecule has 0 aromatic rings. The van der Waals surface area contributed by atoms with Gasteiger partial charge in [-0.25, -0.2) is 0 Å². The predicted molar refractivity (Wildman–Crippen MR) is 78.0 cm³/mol. The lowest BCUT2D eigenvalue weighted by atomic mass is 9.83. The number of likely N-dealkylation sites (N-methyl/N-ethyl adjacent to an activating group) is 1. The van der Waals surface area contributed by atoms with Crippen molar-refractivity contribution in [2.75, 3.05) is 33.9 Å². The van der Waals surface area contributed by atoms with Crippen LogP contribution in [0.15, 0.2) is 0 Å². The Kier molecular flexibility index (Phi) is 6.61. The minimum Gasteiger partial charge on any atom is -0.381 e. The van der Waals surface area contributed by atoms with E-state index in [1.807, 2.05) is 0 Å². The molecule has 1 aliphatic rings. The fourth-order valence-corrected chi connectivity index (χ4v) is 2.57. The van der Waals surface area contributed by atoms with E-state index in [2.05, 4.69) is 45.1 Å². The minimum absolute atomic E-state index is 0.202. The van der Waals surface area contributed by atoms with Crippen molar-refractivity contribution in [3.05, 3.63) is 0 Å². The molecule has 1 rings (SSSR count). The third-order valence-electron chi connectivity index (χ3n) is 4.56. The van der Waals surface area contributed by atoms with Gasteiger partial charge in [-0.15, -0.1) is 0 Å². The Balaban J connectivity index is 2.58. The second kappa shape index (κ2) is 7.46. The van der Waals surface area contributed by atoms with E-state index >= 15 is 0 Å². The molecule has 18 heavy (non-hydrogen) atoms. The summed E-state index contributed by atoms with van der Waals surface area (Å²) in [7, 11) is 4.37. The van der Waals surface area contributed by atoms with Crippen molar-refractivity contribution in [2.45, 2.75) is 58.0 Å². The van der Waals surface area contributed by atoms with Crippen LogP contribution in [0, 0.1) is 5.92 Å². The van der Waals surface area contributed by atoms with E-state index in [-0.39, 0.29) is 5.54 Å². The van der Waals surface area contributed by atoms with Gasteiger partial charge in [0.1, 0.15) is 0 Å². The van der Waals surface area contributed by atoms with Crippen molar-refractivity contribution in [3.63, 3.8) is 0 Å². The number of rotatable bonds is 7. The molecule has 1 aliphatic heterocycles. The third-order valence-corrected chi connectivity index (χ3v) is 4.56. The lowest BCUT2D eigenvalue weighted by Gasteiger charge is -2.42. The van der Waals surface area contributed by atoms with Gasteiger partial charge in [-0.1, -0.05) is 6.92 Å². The molecule has 1 N–H and O–H groups in total. The highest BCUT2D eigenvalue weighted by molar-refractivity contribution is 4.92. The number of hydrogen-bond donors (Lipinski definition) is 1. The van der Waals surface area contributed by atoms with Gasteiger partial charge in [0.2, 0.25) is 0 Å². The fourth-order valence-electron chi connectivity index (χ4n) is 2.57. The van der Waals surface area contributed by atoms with Crippen LogP contribution in [0.25, 0.3) is 0 Å². The van der Waals surface area contributed by atoms with Crippen LogP contribution in [0.4, 0.5) is 0 Å². The van der Waals surface area contributed by atoms with Gasteiger partial charge in [0.25, 0.3) is 0 Å². The SMILES string of the molecule is CCCNC(CC1CCOCC1)C(C)(C)N(C)C. The standard InChI is InChI=1S/C15H32N2O/c1-6-9-16-14(15(2,3)17(4)5)12-13-7-10-18-11-8-13/h13-14,16H,6-12H2,1-5H3. The fraction of sp³-hybridized carbons (Fsp3) is 1.00. The van der Waals surface area contributed by atoms with Crippen LogP contribution in [0.5, 0.6) is 0 Å². The van der Waals surface area contributed by atoms with Crippen LogP contribution < -0.4 is 5.32 Å².